The fraction of sp³-hybridized carbons (Fsp3) is 0.231. The lowest BCUT2D eigenvalue weighted by Gasteiger charge is -2.10. The number of hydrogen-bond donors (Lipinski definition) is 2. The first-order chi connectivity index (χ1) is 9.06. The van der Waals surface area contributed by atoms with E-state index < -0.39 is 0 Å². The van der Waals surface area contributed by atoms with Crippen LogP contribution in [0.5, 0.6) is 0 Å². The molecule has 0 atom stereocenters. The SMILES string of the molecule is Cc1nn(C)cc1CNC(=S)Nc1ccccc1F. The summed E-state index contributed by atoms with van der Waals surface area (Å²) in [4.78, 5) is 0. The van der Waals surface area contributed by atoms with Gasteiger partial charge in [-0.25, -0.2) is 4.39 Å². The Kier molecular flexibility index (Phi) is 4.11. The average Bonchev–Trinajstić information content (AvgIpc) is 2.68. The van der Waals surface area contributed by atoms with Crippen molar-refractivity contribution in [1.29, 1.82) is 0 Å². The molecule has 1 aromatic heterocycles. The van der Waals surface area contributed by atoms with E-state index in [0.29, 0.717) is 17.3 Å². The van der Waals surface area contributed by atoms with Gasteiger partial charge in [-0.3, -0.25) is 4.68 Å². The zero-order chi connectivity index (χ0) is 13.8. The van der Waals surface area contributed by atoms with Gasteiger partial charge < -0.3 is 10.6 Å². The Morgan fingerprint density at radius 3 is 2.79 bits per heavy atom. The van der Waals surface area contributed by atoms with Gasteiger partial charge in [0.25, 0.3) is 0 Å². The third kappa shape index (κ3) is 3.51. The summed E-state index contributed by atoms with van der Waals surface area (Å²) in [5.41, 5.74) is 2.37. The number of thiocarbonyl (C=S) groups is 1. The van der Waals surface area contributed by atoms with Crippen LogP contribution in [0, 0.1) is 12.7 Å². The molecular formula is C13H15FN4S. The lowest BCUT2D eigenvalue weighted by atomic mass is 10.3. The maximum atomic E-state index is 13.4. The number of aryl methyl sites for hydroxylation is 2. The highest BCUT2D eigenvalue weighted by Gasteiger charge is 2.05. The molecule has 2 rings (SSSR count). The van der Waals surface area contributed by atoms with E-state index in [-0.39, 0.29) is 5.82 Å². The smallest absolute Gasteiger partial charge is 0.171 e. The van der Waals surface area contributed by atoms with Gasteiger partial charge in [-0.05, 0) is 31.3 Å². The monoisotopic (exact) mass is 278 g/mol. The molecule has 0 saturated carbocycles. The highest BCUT2D eigenvalue weighted by atomic mass is 32.1. The molecule has 0 fully saturated rings. The molecule has 1 heterocycles. The minimum Gasteiger partial charge on any atom is -0.358 e. The number of halogens is 1. The number of aromatic nitrogens is 2. The van der Waals surface area contributed by atoms with Crippen LogP contribution < -0.4 is 10.6 Å². The highest BCUT2D eigenvalue weighted by Crippen LogP contribution is 2.12. The van der Waals surface area contributed by atoms with Crippen molar-refractivity contribution >= 4 is 23.0 Å². The molecule has 0 spiro atoms. The molecule has 19 heavy (non-hydrogen) atoms. The Hall–Kier alpha value is -1.95. The summed E-state index contributed by atoms with van der Waals surface area (Å²) in [6, 6.07) is 6.41. The van der Waals surface area contributed by atoms with Gasteiger partial charge in [0.15, 0.2) is 5.11 Å². The van der Waals surface area contributed by atoms with E-state index in [0.717, 1.165) is 11.3 Å². The first-order valence-corrected chi connectivity index (χ1v) is 6.25. The second-order valence-electron chi connectivity index (χ2n) is 4.20. The summed E-state index contributed by atoms with van der Waals surface area (Å²) in [5, 5.41) is 10.5. The molecule has 0 aliphatic rings. The van der Waals surface area contributed by atoms with E-state index in [1.54, 1.807) is 22.9 Å². The third-order valence-electron chi connectivity index (χ3n) is 2.68. The normalized spacial score (nSPS) is 10.3. The molecule has 0 radical (unpaired) electrons. The molecule has 0 aliphatic heterocycles. The minimum atomic E-state index is -0.329. The zero-order valence-electron chi connectivity index (χ0n) is 10.8. The van der Waals surface area contributed by atoms with Crippen molar-refractivity contribution in [2.24, 2.45) is 7.05 Å². The van der Waals surface area contributed by atoms with Crippen LogP contribution >= 0.6 is 12.2 Å². The van der Waals surface area contributed by atoms with Crippen molar-refractivity contribution in [2.75, 3.05) is 5.32 Å². The Morgan fingerprint density at radius 2 is 2.16 bits per heavy atom. The maximum Gasteiger partial charge on any atom is 0.171 e. The fourth-order valence-corrected chi connectivity index (χ4v) is 1.91. The molecule has 1 aromatic carbocycles. The first kappa shape index (κ1) is 13.5. The number of nitrogens with one attached hydrogen (secondary N) is 2. The van der Waals surface area contributed by atoms with Gasteiger partial charge in [0.1, 0.15) is 5.82 Å². The van der Waals surface area contributed by atoms with Crippen LogP contribution in [0.2, 0.25) is 0 Å². The van der Waals surface area contributed by atoms with E-state index in [9.17, 15) is 4.39 Å². The summed E-state index contributed by atoms with van der Waals surface area (Å²) in [6.45, 7) is 2.49. The predicted molar refractivity (Wildman–Crippen MR) is 77.4 cm³/mol. The predicted octanol–water partition coefficient (Wildman–Crippen LogP) is 2.35. The van der Waals surface area contributed by atoms with Crippen molar-refractivity contribution in [3.63, 3.8) is 0 Å². The van der Waals surface area contributed by atoms with Gasteiger partial charge in [-0.1, -0.05) is 12.1 Å². The molecule has 0 saturated heterocycles. The summed E-state index contributed by atoms with van der Waals surface area (Å²) >= 11 is 5.13. The highest BCUT2D eigenvalue weighted by molar-refractivity contribution is 7.80. The van der Waals surface area contributed by atoms with Crippen molar-refractivity contribution in [3.8, 4) is 0 Å². The van der Waals surface area contributed by atoms with Gasteiger partial charge in [-0.2, -0.15) is 5.10 Å². The molecule has 2 aromatic rings. The van der Waals surface area contributed by atoms with Gasteiger partial charge in [0, 0.05) is 25.4 Å². The van der Waals surface area contributed by atoms with Gasteiger partial charge in [-0.15, -0.1) is 0 Å². The first-order valence-electron chi connectivity index (χ1n) is 5.85. The number of rotatable bonds is 3. The summed E-state index contributed by atoms with van der Waals surface area (Å²) in [6.07, 6.45) is 1.92. The van der Waals surface area contributed by atoms with Crippen LogP contribution in [-0.4, -0.2) is 14.9 Å². The Balaban J connectivity index is 1.92. The molecule has 0 amide bonds. The van der Waals surface area contributed by atoms with Crippen molar-refractivity contribution in [2.45, 2.75) is 13.5 Å². The van der Waals surface area contributed by atoms with Crippen LogP contribution in [-0.2, 0) is 13.6 Å². The number of benzene rings is 1. The zero-order valence-corrected chi connectivity index (χ0v) is 11.6. The number of anilines is 1. The van der Waals surface area contributed by atoms with E-state index >= 15 is 0 Å². The second kappa shape index (κ2) is 5.79. The minimum absolute atomic E-state index is 0.329. The Bertz CT molecular complexity index is 594. The molecule has 0 aliphatic carbocycles. The number of hydrogen-bond acceptors (Lipinski definition) is 2. The molecule has 4 nitrogen and oxygen atoms in total. The molecule has 6 heteroatoms. The van der Waals surface area contributed by atoms with Crippen LogP contribution in [0.25, 0.3) is 0 Å². The fourth-order valence-electron chi connectivity index (χ4n) is 1.73. The largest absolute Gasteiger partial charge is 0.358 e. The lowest BCUT2D eigenvalue weighted by molar-refractivity contribution is 0.632. The molecule has 100 valence electrons. The van der Waals surface area contributed by atoms with Gasteiger partial charge >= 0.3 is 0 Å². The average molecular weight is 278 g/mol. The van der Waals surface area contributed by atoms with E-state index in [4.69, 9.17) is 12.2 Å². The van der Waals surface area contributed by atoms with Crippen LogP contribution in [0.1, 0.15) is 11.3 Å². The molecular weight excluding hydrogens is 263 g/mol. The second-order valence-corrected chi connectivity index (χ2v) is 4.61. The number of nitrogens with zero attached hydrogens (tertiary/aromatic N) is 2. The van der Waals surface area contributed by atoms with Crippen LogP contribution in [0.15, 0.2) is 30.5 Å². The van der Waals surface area contributed by atoms with Crippen molar-refractivity contribution in [3.05, 3.63) is 47.5 Å². The van der Waals surface area contributed by atoms with Crippen molar-refractivity contribution < 1.29 is 4.39 Å². The lowest BCUT2D eigenvalue weighted by Crippen LogP contribution is -2.28. The van der Waals surface area contributed by atoms with E-state index in [1.165, 1.54) is 6.07 Å². The molecule has 0 bridgehead atoms. The van der Waals surface area contributed by atoms with Crippen LogP contribution in [0.3, 0.4) is 0 Å². The van der Waals surface area contributed by atoms with Crippen molar-refractivity contribution in [1.82, 2.24) is 15.1 Å². The Morgan fingerprint density at radius 1 is 1.42 bits per heavy atom. The van der Waals surface area contributed by atoms with E-state index in [2.05, 4.69) is 15.7 Å². The summed E-state index contributed by atoms with van der Waals surface area (Å²) < 4.78 is 15.2. The standard InChI is InChI=1S/C13H15FN4S/c1-9-10(8-18(2)17-9)7-15-13(19)16-12-6-4-3-5-11(12)14/h3-6,8H,7H2,1-2H3,(H2,15,16,19). The van der Waals surface area contributed by atoms with Gasteiger partial charge in [0.2, 0.25) is 0 Å². The quantitative estimate of drug-likeness (QED) is 0.846. The van der Waals surface area contributed by atoms with E-state index in [1.807, 2.05) is 20.2 Å². The third-order valence-corrected chi connectivity index (χ3v) is 2.92. The number of para-hydroxylation sites is 1. The molecule has 2 N–H and O–H groups in total. The molecule has 0 unspecified atom stereocenters. The maximum absolute atomic E-state index is 13.4. The summed E-state index contributed by atoms with van der Waals surface area (Å²) in [7, 11) is 1.87. The Labute approximate surface area is 116 Å². The summed E-state index contributed by atoms with van der Waals surface area (Å²) in [5.74, 6) is -0.329. The van der Waals surface area contributed by atoms with Gasteiger partial charge in [0.05, 0.1) is 11.4 Å². The topological polar surface area (TPSA) is 41.9 Å². The van der Waals surface area contributed by atoms with Crippen LogP contribution in [0.4, 0.5) is 10.1 Å².